The molecule has 0 aliphatic carbocycles. The number of benzene rings is 1. The molecule has 1 fully saturated rings. The molecule has 2 rings (SSSR count). The van der Waals surface area contributed by atoms with Crippen LogP contribution in [0.5, 0.6) is 0 Å². The molecule has 0 saturated carbocycles. The molecule has 0 aromatic heterocycles. The van der Waals surface area contributed by atoms with Crippen LogP contribution < -0.4 is 10.2 Å². The van der Waals surface area contributed by atoms with Crippen molar-refractivity contribution in [2.24, 2.45) is 0 Å². The zero-order valence-corrected chi connectivity index (χ0v) is 10.2. The lowest BCUT2D eigenvalue weighted by molar-refractivity contribution is 0.243. The third-order valence-electron chi connectivity index (χ3n) is 2.54. The van der Waals surface area contributed by atoms with Gasteiger partial charge >= 0.3 is 6.03 Å². The highest BCUT2D eigenvalue weighted by Crippen LogP contribution is 2.25. The van der Waals surface area contributed by atoms with Gasteiger partial charge < -0.3 is 5.32 Å². The van der Waals surface area contributed by atoms with E-state index in [1.54, 1.807) is 4.90 Å². The molecule has 0 atom stereocenters. The molecule has 4 heteroatoms. The monoisotopic (exact) mass is 268 g/mol. The van der Waals surface area contributed by atoms with Crippen molar-refractivity contribution < 1.29 is 4.79 Å². The standard InChI is InChI=1S/C11H13BrN2O/c1-8-3-4-9(12)7-10(8)14-6-2-5-13-11(14)15/h3-4,7H,2,5-6H2,1H3,(H,13,15). The number of hydrogen-bond acceptors (Lipinski definition) is 1. The number of halogens is 1. The fourth-order valence-corrected chi connectivity index (χ4v) is 2.08. The molecule has 1 N–H and O–H groups in total. The van der Waals surface area contributed by atoms with Crippen LogP contribution in [0.15, 0.2) is 22.7 Å². The van der Waals surface area contributed by atoms with Crippen molar-refractivity contribution in [3.63, 3.8) is 0 Å². The van der Waals surface area contributed by atoms with E-state index in [0.29, 0.717) is 0 Å². The number of urea groups is 1. The van der Waals surface area contributed by atoms with Gasteiger partial charge in [-0.25, -0.2) is 4.79 Å². The summed E-state index contributed by atoms with van der Waals surface area (Å²) < 4.78 is 1.00. The van der Waals surface area contributed by atoms with Crippen molar-refractivity contribution in [2.75, 3.05) is 18.0 Å². The van der Waals surface area contributed by atoms with Gasteiger partial charge in [0.05, 0.1) is 0 Å². The topological polar surface area (TPSA) is 32.3 Å². The fraction of sp³-hybridized carbons (Fsp3) is 0.364. The Balaban J connectivity index is 2.34. The van der Waals surface area contributed by atoms with Gasteiger partial charge in [0, 0.05) is 23.2 Å². The van der Waals surface area contributed by atoms with Gasteiger partial charge in [-0.3, -0.25) is 4.90 Å². The van der Waals surface area contributed by atoms with Crippen LogP contribution in [0.1, 0.15) is 12.0 Å². The van der Waals surface area contributed by atoms with Gasteiger partial charge in [-0.1, -0.05) is 22.0 Å². The van der Waals surface area contributed by atoms with Crippen LogP contribution in [-0.2, 0) is 0 Å². The van der Waals surface area contributed by atoms with Crippen molar-refractivity contribution >= 4 is 27.6 Å². The van der Waals surface area contributed by atoms with E-state index in [1.165, 1.54) is 0 Å². The molecule has 0 radical (unpaired) electrons. The maximum atomic E-state index is 11.7. The molecule has 1 aromatic rings. The molecule has 0 bridgehead atoms. The second-order valence-electron chi connectivity index (χ2n) is 3.67. The zero-order chi connectivity index (χ0) is 10.8. The first-order valence-corrected chi connectivity index (χ1v) is 5.79. The maximum Gasteiger partial charge on any atom is 0.321 e. The highest BCUT2D eigenvalue weighted by Gasteiger charge is 2.20. The van der Waals surface area contributed by atoms with Gasteiger partial charge in [0.2, 0.25) is 0 Å². The van der Waals surface area contributed by atoms with E-state index < -0.39 is 0 Å². The summed E-state index contributed by atoms with van der Waals surface area (Å²) in [6, 6.07) is 5.99. The molecule has 3 nitrogen and oxygen atoms in total. The third kappa shape index (κ3) is 2.15. The zero-order valence-electron chi connectivity index (χ0n) is 8.59. The van der Waals surface area contributed by atoms with Crippen LogP contribution in [-0.4, -0.2) is 19.1 Å². The molecule has 0 unspecified atom stereocenters. The Morgan fingerprint density at radius 3 is 3.00 bits per heavy atom. The Morgan fingerprint density at radius 1 is 1.47 bits per heavy atom. The van der Waals surface area contributed by atoms with Gasteiger partial charge in [-0.15, -0.1) is 0 Å². The van der Waals surface area contributed by atoms with Gasteiger partial charge in [0.15, 0.2) is 0 Å². The smallest absolute Gasteiger partial charge is 0.321 e. The largest absolute Gasteiger partial charge is 0.338 e. The molecule has 1 heterocycles. The Kier molecular flexibility index (Phi) is 2.95. The van der Waals surface area contributed by atoms with Crippen molar-refractivity contribution in [1.29, 1.82) is 0 Å². The maximum absolute atomic E-state index is 11.7. The minimum atomic E-state index is 0.00227. The number of carbonyl (C=O) groups is 1. The number of nitrogens with zero attached hydrogens (tertiary/aromatic N) is 1. The van der Waals surface area contributed by atoms with Crippen molar-refractivity contribution in [3.8, 4) is 0 Å². The number of carbonyl (C=O) groups excluding carboxylic acids is 1. The Bertz CT molecular complexity index is 392. The summed E-state index contributed by atoms with van der Waals surface area (Å²) >= 11 is 3.42. The average molecular weight is 269 g/mol. The van der Waals surface area contributed by atoms with E-state index in [-0.39, 0.29) is 6.03 Å². The molecule has 1 saturated heterocycles. The predicted octanol–water partition coefficient (Wildman–Crippen LogP) is 2.68. The summed E-state index contributed by atoms with van der Waals surface area (Å²) in [6.07, 6.45) is 0.998. The van der Waals surface area contributed by atoms with E-state index >= 15 is 0 Å². The molecule has 0 spiro atoms. The summed E-state index contributed by atoms with van der Waals surface area (Å²) in [4.78, 5) is 13.5. The van der Waals surface area contributed by atoms with Crippen molar-refractivity contribution in [3.05, 3.63) is 28.2 Å². The Morgan fingerprint density at radius 2 is 2.27 bits per heavy atom. The Hall–Kier alpha value is -1.03. The lowest BCUT2D eigenvalue weighted by Crippen LogP contribution is -2.46. The van der Waals surface area contributed by atoms with E-state index in [2.05, 4.69) is 21.2 Å². The minimum Gasteiger partial charge on any atom is -0.338 e. The van der Waals surface area contributed by atoms with Gasteiger partial charge in [-0.05, 0) is 31.0 Å². The number of hydrogen-bond donors (Lipinski definition) is 1. The normalized spacial score (nSPS) is 16.4. The van der Waals surface area contributed by atoms with Gasteiger partial charge in [-0.2, -0.15) is 0 Å². The highest BCUT2D eigenvalue weighted by atomic mass is 79.9. The first-order chi connectivity index (χ1) is 7.18. The molecule has 1 aliphatic heterocycles. The van der Waals surface area contributed by atoms with Crippen molar-refractivity contribution in [1.82, 2.24) is 5.32 Å². The third-order valence-corrected chi connectivity index (χ3v) is 3.04. The van der Waals surface area contributed by atoms with Crippen LogP contribution in [0.4, 0.5) is 10.5 Å². The summed E-state index contributed by atoms with van der Waals surface area (Å²) in [6.45, 7) is 3.59. The molecule has 15 heavy (non-hydrogen) atoms. The summed E-state index contributed by atoms with van der Waals surface area (Å²) in [7, 11) is 0. The second-order valence-corrected chi connectivity index (χ2v) is 4.58. The van der Waals surface area contributed by atoms with E-state index in [1.807, 2.05) is 25.1 Å². The molecule has 2 amide bonds. The van der Waals surface area contributed by atoms with E-state index in [9.17, 15) is 4.79 Å². The number of anilines is 1. The summed E-state index contributed by atoms with van der Waals surface area (Å²) in [5.41, 5.74) is 2.11. The highest BCUT2D eigenvalue weighted by molar-refractivity contribution is 9.10. The van der Waals surface area contributed by atoms with E-state index in [0.717, 1.165) is 35.2 Å². The summed E-state index contributed by atoms with van der Waals surface area (Å²) in [5, 5.41) is 2.85. The first-order valence-electron chi connectivity index (χ1n) is 5.00. The molecule has 1 aromatic carbocycles. The fourth-order valence-electron chi connectivity index (χ4n) is 1.73. The lowest BCUT2D eigenvalue weighted by atomic mass is 10.1. The van der Waals surface area contributed by atoms with Gasteiger partial charge in [0.25, 0.3) is 0 Å². The number of aryl methyl sites for hydroxylation is 1. The first kappa shape index (κ1) is 10.5. The molecular weight excluding hydrogens is 256 g/mol. The van der Waals surface area contributed by atoms with Crippen LogP contribution in [0, 0.1) is 6.92 Å². The van der Waals surface area contributed by atoms with Gasteiger partial charge in [0.1, 0.15) is 0 Å². The molecule has 1 aliphatic rings. The quantitative estimate of drug-likeness (QED) is 0.835. The van der Waals surface area contributed by atoms with Crippen LogP contribution in [0.2, 0.25) is 0 Å². The number of nitrogens with one attached hydrogen (secondary N) is 1. The number of rotatable bonds is 1. The summed E-state index contributed by atoms with van der Waals surface area (Å²) in [5.74, 6) is 0. The average Bonchev–Trinajstić information content (AvgIpc) is 2.23. The van der Waals surface area contributed by atoms with Crippen molar-refractivity contribution in [2.45, 2.75) is 13.3 Å². The minimum absolute atomic E-state index is 0.00227. The Labute approximate surface area is 97.6 Å². The SMILES string of the molecule is Cc1ccc(Br)cc1N1CCCNC1=O. The predicted molar refractivity (Wildman–Crippen MR) is 64.2 cm³/mol. The van der Waals surface area contributed by atoms with Crippen LogP contribution in [0.25, 0.3) is 0 Å². The lowest BCUT2D eigenvalue weighted by Gasteiger charge is -2.28. The molecule has 80 valence electrons. The van der Waals surface area contributed by atoms with Crippen LogP contribution >= 0.6 is 15.9 Å². The second kappa shape index (κ2) is 4.23. The van der Waals surface area contributed by atoms with E-state index in [4.69, 9.17) is 0 Å². The van der Waals surface area contributed by atoms with Crippen LogP contribution in [0.3, 0.4) is 0 Å². The molecular formula is C11H13BrN2O. The number of amides is 2.